The summed E-state index contributed by atoms with van der Waals surface area (Å²) in [5, 5.41) is 13.4. The average Bonchev–Trinajstić information content (AvgIpc) is 2.37. The van der Waals surface area contributed by atoms with Gasteiger partial charge in [-0.15, -0.1) is 0 Å². The Morgan fingerprint density at radius 2 is 2.11 bits per heavy atom. The van der Waals surface area contributed by atoms with Gasteiger partial charge >= 0.3 is 0 Å². The van der Waals surface area contributed by atoms with Crippen LogP contribution in [0.2, 0.25) is 0 Å². The molecule has 0 saturated carbocycles. The number of anilines is 1. The summed E-state index contributed by atoms with van der Waals surface area (Å²) in [5.41, 5.74) is 0.184. The van der Waals surface area contributed by atoms with E-state index in [4.69, 9.17) is 4.74 Å². The van der Waals surface area contributed by atoms with Crippen LogP contribution in [0.5, 0.6) is 5.75 Å². The predicted octanol–water partition coefficient (Wildman–Crippen LogP) is 1.49. The van der Waals surface area contributed by atoms with Crippen LogP contribution in [0, 0.1) is 10.1 Å². The van der Waals surface area contributed by atoms with E-state index < -0.39 is 4.92 Å². The molecule has 1 atom stereocenters. The van der Waals surface area contributed by atoms with E-state index in [1.54, 1.807) is 25.9 Å². The van der Waals surface area contributed by atoms with E-state index in [9.17, 15) is 14.9 Å². The van der Waals surface area contributed by atoms with E-state index in [1.807, 2.05) is 0 Å². The fraction of sp³-hybridized carbons (Fsp3) is 0.417. The number of non-ortho nitro benzene ring substituents is 1. The smallest absolute Gasteiger partial charge is 0.271 e. The van der Waals surface area contributed by atoms with Crippen molar-refractivity contribution >= 4 is 17.3 Å². The Balaban J connectivity index is 3.01. The first-order valence-corrected chi connectivity index (χ1v) is 5.66. The van der Waals surface area contributed by atoms with Gasteiger partial charge in [-0.25, -0.2) is 0 Å². The van der Waals surface area contributed by atoms with Crippen molar-refractivity contribution in [1.82, 2.24) is 4.90 Å². The largest absolute Gasteiger partial charge is 0.495 e. The Labute approximate surface area is 111 Å². The maximum atomic E-state index is 11.9. The molecule has 7 nitrogen and oxygen atoms in total. The lowest BCUT2D eigenvalue weighted by molar-refractivity contribution is -0.384. The highest BCUT2D eigenvalue weighted by Crippen LogP contribution is 2.28. The third kappa shape index (κ3) is 3.65. The van der Waals surface area contributed by atoms with Gasteiger partial charge in [-0.05, 0) is 27.1 Å². The van der Waals surface area contributed by atoms with Crippen LogP contribution in [0.3, 0.4) is 0 Å². The number of nitrogens with zero attached hydrogens (tertiary/aromatic N) is 2. The van der Waals surface area contributed by atoms with E-state index in [-0.39, 0.29) is 23.3 Å². The molecule has 0 aromatic heterocycles. The first kappa shape index (κ1) is 14.9. The Kier molecular flexibility index (Phi) is 4.82. The molecule has 0 heterocycles. The van der Waals surface area contributed by atoms with Crippen molar-refractivity contribution in [2.75, 3.05) is 26.5 Å². The highest BCUT2D eigenvalue weighted by molar-refractivity contribution is 5.96. The van der Waals surface area contributed by atoms with E-state index in [0.717, 1.165) is 0 Å². The van der Waals surface area contributed by atoms with Crippen LogP contribution < -0.4 is 10.1 Å². The minimum absolute atomic E-state index is 0.103. The standard InChI is InChI=1S/C12H17N3O4/c1-8(14(2)3)12(16)13-10-7-9(15(17)18)5-6-11(10)19-4/h5-8H,1-4H3,(H,13,16). The highest BCUT2D eigenvalue weighted by Gasteiger charge is 2.18. The van der Waals surface area contributed by atoms with Gasteiger partial charge in [0.2, 0.25) is 5.91 Å². The first-order valence-electron chi connectivity index (χ1n) is 5.66. The van der Waals surface area contributed by atoms with E-state index in [0.29, 0.717) is 5.75 Å². The number of nitrogens with one attached hydrogen (secondary N) is 1. The molecule has 0 spiro atoms. The normalized spacial score (nSPS) is 12.1. The number of nitro benzene ring substituents is 1. The third-order valence-electron chi connectivity index (χ3n) is 2.81. The number of carbonyl (C=O) groups excluding carboxylic acids is 1. The van der Waals surface area contributed by atoms with Crippen LogP contribution in [-0.4, -0.2) is 43.0 Å². The van der Waals surface area contributed by atoms with Crippen molar-refractivity contribution in [1.29, 1.82) is 0 Å². The van der Waals surface area contributed by atoms with Crippen molar-refractivity contribution < 1.29 is 14.5 Å². The van der Waals surface area contributed by atoms with Crippen molar-refractivity contribution in [2.24, 2.45) is 0 Å². The molecule has 1 unspecified atom stereocenters. The summed E-state index contributed by atoms with van der Waals surface area (Å²) in [6.07, 6.45) is 0. The fourth-order valence-electron chi connectivity index (χ4n) is 1.38. The molecule has 0 aliphatic carbocycles. The van der Waals surface area contributed by atoms with Crippen molar-refractivity contribution in [3.63, 3.8) is 0 Å². The number of likely N-dealkylation sites (N-methyl/N-ethyl adjacent to an activating group) is 1. The molecular weight excluding hydrogens is 250 g/mol. The van der Waals surface area contributed by atoms with Crippen molar-refractivity contribution in [2.45, 2.75) is 13.0 Å². The number of carbonyl (C=O) groups is 1. The van der Waals surface area contributed by atoms with Gasteiger partial charge < -0.3 is 10.1 Å². The second-order valence-corrected chi connectivity index (χ2v) is 4.27. The molecule has 7 heteroatoms. The number of amides is 1. The van der Waals surface area contributed by atoms with Gasteiger partial charge in [0, 0.05) is 12.1 Å². The molecule has 1 aromatic rings. The molecule has 104 valence electrons. The number of nitro groups is 1. The Bertz CT molecular complexity index is 488. The van der Waals surface area contributed by atoms with E-state index in [1.165, 1.54) is 25.3 Å². The summed E-state index contributed by atoms with van der Waals surface area (Å²) in [6, 6.07) is 3.70. The summed E-state index contributed by atoms with van der Waals surface area (Å²) in [7, 11) is 4.98. The monoisotopic (exact) mass is 267 g/mol. The fourth-order valence-corrected chi connectivity index (χ4v) is 1.38. The molecule has 0 saturated heterocycles. The van der Waals surface area contributed by atoms with Gasteiger partial charge in [0.05, 0.1) is 23.8 Å². The van der Waals surface area contributed by atoms with Gasteiger partial charge in [0.15, 0.2) is 0 Å². The third-order valence-corrected chi connectivity index (χ3v) is 2.81. The molecule has 1 aromatic carbocycles. The molecule has 0 aliphatic heterocycles. The average molecular weight is 267 g/mol. The Morgan fingerprint density at radius 1 is 1.47 bits per heavy atom. The van der Waals surface area contributed by atoms with Gasteiger partial charge in [-0.2, -0.15) is 0 Å². The second kappa shape index (κ2) is 6.14. The molecule has 1 rings (SSSR count). The molecule has 1 amide bonds. The van der Waals surface area contributed by atoms with Gasteiger partial charge in [-0.3, -0.25) is 19.8 Å². The lowest BCUT2D eigenvalue weighted by atomic mass is 10.2. The molecule has 1 N–H and O–H groups in total. The lowest BCUT2D eigenvalue weighted by Gasteiger charge is -2.19. The SMILES string of the molecule is COc1ccc([N+](=O)[O-])cc1NC(=O)C(C)N(C)C. The zero-order valence-electron chi connectivity index (χ0n) is 11.3. The number of methoxy groups -OCH3 is 1. The van der Waals surface area contributed by atoms with Crippen molar-refractivity contribution in [3.8, 4) is 5.75 Å². The molecule has 0 aliphatic rings. The maximum Gasteiger partial charge on any atom is 0.271 e. The summed E-state index contributed by atoms with van der Waals surface area (Å²) in [6.45, 7) is 1.74. The van der Waals surface area contributed by atoms with Crippen molar-refractivity contribution in [3.05, 3.63) is 28.3 Å². The van der Waals surface area contributed by atoms with Crippen LogP contribution in [0.15, 0.2) is 18.2 Å². The molecular formula is C12H17N3O4. The van der Waals surface area contributed by atoms with Crippen LogP contribution in [-0.2, 0) is 4.79 Å². The van der Waals surface area contributed by atoms with Gasteiger partial charge in [0.25, 0.3) is 5.69 Å². The Morgan fingerprint density at radius 3 is 2.58 bits per heavy atom. The number of hydrogen-bond acceptors (Lipinski definition) is 5. The number of benzene rings is 1. The Hall–Kier alpha value is -2.15. The zero-order valence-corrected chi connectivity index (χ0v) is 11.3. The number of hydrogen-bond donors (Lipinski definition) is 1. The lowest BCUT2D eigenvalue weighted by Crippen LogP contribution is -2.37. The predicted molar refractivity (Wildman–Crippen MR) is 71.4 cm³/mol. The summed E-state index contributed by atoms with van der Waals surface area (Å²) < 4.78 is 5.07. The summed E-state index contributed by atoms with van der Waals surface area (Å²) in [4.78, 5) is 23.9. The van der Waals surface area contributed by atoms with Crippen LogP contribution in [0.25, 0.3) is 0 Å². The first-order chi connectivity index (χ1) is 8.86. The summed E-state index contributed by atoms with van der Waals surface area (Å²) in [5.74, 6) is 0.119. The number of rotatable bonds is 5. The highest BCUT2D eigenvalue weighted by atomic mass is 16.6. The minimum Gasteiger partial charge on any atom is -0.495 e. The van der Waals surface area contributed by atoms with E-state index in [2.05, 4.69) is 5.32 Å². The quantitative estimate of drug-likeness (QED) is 0.645. The molecule has 0 bridgehead atoms. The zero-order chi connectivity index (χ0) is 14.6. The molecule has 0 fully saturated rings. The maximum absolute atomic E-state index is 11.9. The van der Waals surface area contributed by atoms with Gasteiger partial charge in [-0.1, -0.05) is 0 Å². The number of ether oxygens (including phenoxy) is 1. The van der Waals surface area contributed by atoms with Crippen LogP contribution >= 0.6 is 0 Å². The van der Waals surface area contributed by atoms with E-state index >= 15 is 0 Å². The van der Waals surface area contributed by atoms with Crippen LogP contribution in [0.4, 0.5) is 11.4 Å². The molecule has 0 radical (unpaired) electrons. The minimum atomic E-state index is -0.523. The molecule has 19 heavy (non-hydrogen) atoms. The summed E-state index contributed by atoms with van der Waals surface area (Å²) >= 11 is 0. The second-order valence-electron chi connectivity index (χ2n) is 4.27. The topological polar surface area (TPSA) is 84.7 Å². The van der Waals surface area contributed by atoms with Crippen LogP contribution in [0.1, 0.15) is 6.92 Å². The van der Waals surface area contributed by atoms with Gasteiger partial charge in [0.1, 0.15) is 5.75 Å².